The third-order valence-corrected chi connectivity index (χ3v) is 6.92. The first-order valence-corrected chi connectivity index (χ1v) is 11.4. The molecule has 0 bridgehead atoms. The third-order valence-electron chi connectivity index (χ3n) is 6.92. The minimum Gasteiger partial charge on any atom is -0.487 e. The highest BCUT2D eigenvalue weighted by molar-refractivity contribution is 5.92. The lowest BCUT2D eigenvalue weighted by molar-refractivity contribution is 0.1000. The van der Waals surface area contributed by atoms with E-state index in [9.17, 15) is 4.79 Å². The molecule has 166 valence electrons. The highest BCUT2D eigenvalue weighted by Gasteiger charge is 2.39. The first kappa shape index (κ1) is 22.1. The average Bonchev–Trinajstić information content (AvgIpc) is 2.81. The fourth-order valence-corrected chi connectivity index (χ4v) is 4.70. The van der Waals surface area contributed by atoms with E-state index in [0.29, 0.717) is 17.6 Å². The first-order chi connectivity index (χ1) is 15.4. The molecule has 1 aliphatic carbocycles. The first-order valence-electron chi connectivity index (χ1n) is 11.4. The number of hydrogen-bond acceptors (Lipinski definition) is 3. The fourth-order valence-electron chi connectivity index (χ4n) is 4.70. The van der Waals surface area contributed by atoms with Gasteiger partial charge in [-0.1, -0.05) is 44.2 Å². The van der Waals surface area contributed by atoms with E-state index in [1.807, 2.05) is 42.5 Å². The molecule has 2 N–H and O–H groups in total. The second-order valence-corrected chi connectivity index (χ2v) is 9.82. The zero-order valence-electron chi connectivity index (χ0n) is 19.0. The second-order valence-electron chi connectivity index (χ2n) is 9.82. The van der Waals surface area contributed by atoms with Gasteiger partial charge in [-0.05, 0) is 90.5 Å². The predicted octanol–water partition coefficient (Wildman–Crippen LogP) is 5.84. The highest BCUT2D eigenvalue weighted by Crippen LogP contribution is 2.48. The summed E-state index contributed by atoms with van der Waals surface area (Å²) in [7, 11) is 0. The normalized spacial score (nSPS) is 16.9. The standard InChI is InChI=1S/C28H32N2O2/c1-27(2)14-16-28(17-15-27,19-21-6-8-22(9-7-21)26(29)31)23-10-12-25(13-11-23)32-20-24-5-3-4-18-30-24/h3-13,18H,14-17,19-20H2,1-2H3,(H2,29,31). The molecule has 1 heterocycles. The third kappa shape index (κ3) is 5.18. The minimum atomic E-state index is -0.382. The minimum absolute atomic E-state index is 0.0866. The summed E-state index contributed by atoms with van der Waals surface area (Å²) in [4.78, 5) is 15.8. The van der Waals surface area contributed by atoms with E-state index in [1.54, 1.807) is 6.20 Å². The quantitative estimate of drug-likeness (QED) is 0.514. The van der Waals surface area contributed by atoms with Crippen LogP contribution in [0.1, 0.15) is 66.7 Å². The lowest BCUT2D eigenvalue weighted by atomic mass is 9.60. The lowest BCUT2D eigenvalue weighted by Crippen LogP contribution is -2.36. The van der Waals surface area contributed by atoms with Gasteiger partial charge in [-0.2, -0.15) is 0 Å². The molecule has 0 saturated heterocycles. The number of rotatable bonds is 7. The van der Waals surface area contributed by atoms with Crippen molar-refractivity contribution in [1.82, 2.24) is 4.98 Å². The predicted molar refractivity (Wildman–Crippen MR) is 128 cm³/mol. The maximum Gasteiger partial charge on any atom is 0.248 e. The number of primary amides is 1. The molecule has 4 heteroatoms. The zero-order valence-corrected chi connectivity index (χ0v) is 19.0. The molecular formula is C28H32N2O2. The van der Waals surface area contributed by atoms with Crippen molar-refractivity contribution in [3.8, 4) is 5.75 Å². The van der Waals surface area contributed by atoms with Crippen LogP contribution >= 0.6 is 0 Å². The zero-order chi connectivity index (χ0) is 22.6. The molecule has 0 aliphatic heterocycles. The summed E-state index contributed by atoms with van der Waals surface area (Å²) in [6.07, 6.45) is 7.42. The van der Waals surface area contributed by atoms with Gasteiger partial charge in [0, 0.05) is 11.8 Å². The van der Waals surface area contributed by atoms with E-state index in [-0.39, 0.29) is 11.3 Å². The fraction of sp³-hybridized carbons (Fsp3) is 0.357. The van der Waals surface area contributed by atoms with Gasteiger partial charge in [0.15, 0.2) is 0 Å². The molecule has 3 aromatic rings. The van der Waals surface area contributed by atoms with Gasteiger partial charge >= 0.3 is 0 Å². The van der Waals surface area contributed by atoms with Crippen molar-refractivity contribution in [2.45, 2.75) is 58.0 Å². The van der Waals surface area contributed by atoms with Gasteiger partial charge in [-0.15, -0.1) is 0 Å². The van der Waals surface area contributed by atoms with E-state index in [4.69, 9.17) is 10.5 Å². The van der Waals surface area contributed by atoms with Gasteiger partial charge < -0.3 is 10.5 Å². The van der Waals surface area contributed by atoms with Crippen LogP contribution in [-0.2, 0) is 18.4 Å². The van der Waals surface area contributed by atoms with Gasteiger partial charge in [0.05, 0.1) is 5.69 Å². The van der Waals surface area contributed by atoms with Crippen LogP contribution in [0.25, 0.3) is 0 Å². The second kappa shape index (κ2) is 9.15. The maximum absolute atomic E-state index is 11.4. The molecule has 0 radical (unpaired) electrons. The molecule has 1 saturated carbocycles. The van der Waals surface area contributed by atoms with Crippen LogP contribution in [0.3, 0.4) is 0 Å². The number of nitrogens with zero attached hydrogens (tertiary/aromatic N) is 1. The Morgan fingerprint density at radius 1 is 0.938 bits per heavy atom. The van der Waals surface area contributed by atoms with Crippen molar-refractivity contribution in [3.05, 3.63) is 95.3 Å². The van der Waals surface area contributed by atoms with Gasteiger partial charge in [0.2, 0.25) is 5.91 Å². The summed E-state index contributed by atoms with van der Waals surface area (Å²) in [5.41, 5.74) is 9.96. The Kier molecular flexibility index (Phi) is 6.31. The van der Waals surface area contributed by atoms with Gasteiger partial charge in [0.25, 0.3) is 0 Å². The van der Waals surface area contributed by atoms with Crippen LogP contribution in [0.4, 0.5) is 0 Å². The molecule has 0 unspecified atom stereocenters. The van der Waals surface area contributed by atoms with Gasteiger partial charge in [-0.3, -0.25) is 9.78 Å². The van der Waals surface area contributed by atoms with Crippen LogP contribution in [0.5, 0.6) is 5.75 Å². The number of ether oxygens (including phenoxy) is 1. The van der Waals surface area contributed by atoms with Crippen molar-refractivity contribution in [2.24, 2.45) is 11.1 Å². The van der Waals surface area contributed by atoms with Crippen LogP contribution < -0.4 is 10.5 Å². The maximum atomic E-state index is 11.4. The smallest absolute Gasteiger partial charge is 0.248 e. The summed E-state index contributed by atoms with van der Waals surface area (Å²) in [6, 6.07) is 22.2. The lowest BCUT2D eigenvalue weighted by Gasteiger charge is -2.44. The number of benzene rings is 2. The molecule has 1 fully saturated rings. The van der Waals surface area contributed by atoms with Crippen LogP contribution in [0, 0.1) is 5.41 Å². The molecule has 0 atom stereocenters. The molecule has 1 amide bonds. The monoisotopic (exact) mass is 428 g/mol. The van der Waals surface area contributed by atoms with Crippen molar-refractivity contribution < 1.29 is 9.53 Å². The summed E-state index contributed by atoms with van der Waals surface area (Å²) in [5, 5.41) is 0. The highest BCUT2D eigenvalue weighted by atomic mass is 16.5. The molecular weight excluding hydrogens is 396 g/mol. The number of nitrogens with two attached hydrogens (primary N) is 1. The van der Waals surface area contributed by atoms with Crippen LogP contribution in [-0.4, -0.2) is 10.9 Å². The van der Waals surface area contributed by atoms with E-state index in [2.05, 4.69) is 43.1 Å². The molecule has 1 aliphatic rings. The van der Waals surface area contributed by atoms with E-state index in [1.165, 1.54) is 24.0 Å². The van der Waals surface area contributed by atoms with Crippen molar-refractivity contribution >= 4 is 5.91 Å². The Labute approximate surface area is 190 Å². The SMILES string of the molecule is CC1(C)CCC(Cc2ccc(C(N)=O)cc2)(c2ccc(OCc3ccccn3)cc2)CC1. The van der Waals surface area contributed by atoms with E-state index >= 15 is 0 Å². The van der Waals surface area contributed by atoms with Crippen molar-refractivity contribution in [3.63, 3.8) is 0 Å². The number of carbonyl (C=O) groups excluding carboxylic acids is 1. The summed E-state index contributed by atoms with van der Waals surface area (Å²) in [5.74, 6) is 0.475. The Morgan fingerprint density at radius 2 is 1.62 bits per heavy atom. The summed E-state index contributed by atoms with van der Waals surface area (Å²) < 4.78 is 5.95. The molecule has 4 nitrogen and oxygen atoms in total. The Balaban J connectivity index is 1.54. The summed E-state index contributed by atoms with van der Waals surface area (Å²) in [6.45, 7) is 5.20. The Bertz CT molecular complexity index is 1030. The van der Waals surface area contributed by atoms with E-state index < -0.39 is 0 Å². The molecule has 4 rings (SSSR count). The van der Waals surface area contributed by atoms with E-state index in [0.717, 1.165) is 30.7 Å². The molecule has 1 aromatic heterocycles. The molecule has 0 spiro atoms. The summed E-state index contributed by atoms with van der Waals surface area (Å²) >= 11 is 0. The number of carbonyl (C=O) groups is 1. The van der Waals surface area contributed by atoms with Crippen LogP contribution in [0.15, 0.2) is 72.9 Å². The number of amides is 1. The van der Waals surface area contributed by atoms with Gasteiger partial charge in [0.1, 0.15) is 12.4 Å². The van der Waals surface area contributed by atoms with Crippen molar-refractivity contribution in [1.29, 1.82) is 0 Å². The Morgan fingerprint density at radius 3 is 2.22 bits per heavy atom. The Hall–Kier alpha value is -3.14. The topological polar surface area (TPSA) is 65.2 Å². The number of hydrogen-bond donors (Lipinski definition) is 1. The number of pyridine rings is 1. The van der Waals surface area contributed by atoms with Crippen molar-refractivity contribution in [2.75, 3.05) is 0 Å². The largest absolute Gasteiger partial charge is 0.487 e. The van der Waals surface area contributed by atoms with Crippen LogP contribution in [0.2, 0.25) is 0 Å². The van der Waals surface area contributed by atoms with Gasteiger partial charge in [-0.25, -0.2) is 0 Å². The average molecular weight is 429 g/mol. The molecule has 32 heavy (non-hydrogen) atoms. The molecule has 2 aromatic carbocycles. The number of aromatic nitrogens is 1.